The quantitative estimate of drug-likeness (QED) is 0.941. The van der Waals surface area contributed by atoms with Crippen molar-refractivity contribution in [2.24, 2.45) is 0 Å². The van der Waals surface area contributed by atoms with E-state index in [1.54, 1.807) is 0 Å². The summed E-state index contributed by atoms with van der Waals surface area (Å²) < 4.78 is 26.2. The van der Waals surface area contributed by atoms with Crippen LogP contribution >= 0.6 is 0 Å². The van der Waals surface area contributed by atoms with Crippen LogP contribution in [0.5, 0.6) is 0 Å². The first-order valence-electron chi connectivity index (χ1n) is 6.36. The van der Waals surface area contributed by atoms with Gasteiger partial charge in [0.25, 0.3) is 0 Å². The van der Waals surface area contributed by atoms with Crippen LogP contribution in [0.2, 0.25) is 0 Å². The summed E-state index contributed by atoms with van der Waals surface area (Å²) in [6, 6.07) is 9.13. The lowest BCUT2D eigenvalue weighted by molar-refractivity contribution is 0.0696. The van der Waals surface area contributed by atoms with Crippen LogP contribution < -0.4 is 0 Å². The van der Waals surface area contributed by atoms with Crippen LogP contribution in [-0.2, 0) is 16.6 Å². The summed E-state index contributed by atoms with van der Waals surface area (Å²) in [6.07, 6.45) is 0. The van der Waals surface area contributed by atoms with E-state index in [9.17, 15) is 13.4 Å². The third kappa shape index (κ3) is 3.55. The normalized spacial score (nSPS) is 12.1. The number of carboxylic acid groups (broad SMARTS) is 1. The molecule has 2 aromatic rings. The molecule has 0 saturated heterocycles. The molecule has 0 heterocycles. The van der Waals surface area contributed by atoms with Gasteiger partial charge < -0.3 is 5.11 Å². The second-order valence-electron chi connectivity index (χ2n) is 4.87. The van der Waals surface area contributed by atoms with E-state index in [2.05, 4.69) is 0 Å². The standard InChI is InChI=1S/C16H15FO3S/c1-10-3-4-11(2)15(7-10)21(20)9-13-8-12(16(18)19)5-6-14(13)17/h3-8H,9H2,1-2H3,(H,18,19). The molecule has 0 spiro atoms. The van der Waals surface area contributed by atoms with E-state index in [0.717, 1.165) is 17.2 Å². The molecule has 2 aromatic carbocycles. The molecule has 0 amide bonds. The number of halogens is 1. The highest BCUT2D eigenvalue weighted by molar-refractivity contribution is 7.84. The summed E-state index contributed by atoms with van der Waals surface area (Å²) >= 11 is 0. The first kappa shape index (κ1) is 15.4. The third-order valence-corrected chi connectivity index (χ3v) is 4.67. The van der Waals surface area contributed by atoms with E-state index in [1.165, 1.54) is 12.1 Å². The van der Waals surface area contributed by atoms with Gasteiger partial charge in [0.2, 0.25) is 0 Å². The van der Waals surface area contributed by atoms with Crippen molar-refractivity contribution in [3.63, 3.8) is 0 Å². The number of hydrogen-bond acceptors (Lipinski definition) is 2. The molecular formula is C16H15FO3S. The predicted molar refractivity (Wildman–Crippen MR) is 79.4 cm³/mol. The van der Waals surface area contributed by atoms with Crippen LogP contribution in [-0.4, -0.2) is 15.3 Å². The second-order valence-corrected chi connectivity index (χ2v) is 6.29. The zero-order valence-corrected chi connectivity index (χ0v) is 12.5. The van der Waals surface area contributed by atoms with Crippen LogP contribution in [0.25, 0.3) is 0 Å². The molecule has 0 aliphatic heterocycles. The van der Waals surface area contributed by atoms with Gasteiger partial charge in [0.05, 0.1) is 22.1 Å². The van der Waals surface area contributed by atoms with E-state index in [-0.39, 0.29) is 16.9 Å². The molecule has 1 atom stereocenters. The summed E-state index contributed by atoms with van der Waals surface area (Å²) in [6.45, 7) is 3.74. The number of rotatable bonds is 4. The molecule has 0 aromatic heterocycles. The first-order valence-corrected chi connectivity index (χ1v) is 7.67. The maximum Gasteiger partial charge on any atom is 0.335 e. The van der Waals surface area contributed by atoms with Crippen LogP contribution in [0.1, 0.15) is 27.0 Å². The number of benzene rings is 2. The van der Waals surface area contributed by atoms with Gasteiger partial charge in [-0.15, -0.1) is 0 Å². The highest BCUT2D eigenvalue weighted by Crippen LogP contribution is 2.20. The smallest absolute Gasteiger partial charge is 0.335 e. The minimum atomic E-state index is -1.42. The Hall–Kier alpha value is -2.01. The molecule has 110 valence electrons. The molecule has 1 unspecified atom stereocenters. The van der Waals surface area contributed by atoms with Crippen molar-refractivity contribution in [1.29, 1.82) is 0 Å². The average molecular weight is 306 g/mol. The highest BCUT2D eigenvalue weighted by Gasteiger charge is 2.14. The van der Waals surface area contributed by atoms with E-state index >= 15 is 0 Å². The van der Waals surface area contributed by atoms with Gasteiger partial charge in [0, 0.05) is 10.5 Å². The molecule has 0 fully saturated rings. The van der Waals surface area contributed by atoms with Gasteiger partial charge in [-0.3, -0.25) is 4.21 Å². The van der Waals surface area contributed by atoms with Gasteiger partial charge in [-0.25, -0.2) is 9.18 Å². The number of hydrogen-bond donors (Lipinski definition) is 1. The van der Waals surface area contributed by atoms with E-state index in [1.807, 2.05) is 32.0 Å². The molecule has 1 N–H and O–H groups in total. The lowest BCUT2D eigenvalue weighted by Gasteiger charge is -2.08. The highest BCUT2D eigenvalue weighted by atomic mass is 32.2. The average Bonchev–Trinajstić information content (AvgIpc) is 2.43. The fourth-order valence-corrected chi connectivity index (χ4v) is 3.39. The van der Waals surface area contributed by atoms with Crippen molar-refractivity contribution in [3.05, 3.63) is 64.5 Å². The SMILES string of the molecule is Cc1ccc(C)c(S(=O)Cc2cc(C(=O)O)ccc2F)c1. The fraction of sp³-hybridized carbons (Fsp3) is 0.188. The lowest BCUT2D eigenvalue weighted by Crippen LogP contribution is -2.04. The summed E-state index contributed by atoms with van der Waals surface area (Å²) in [7, 11) is -1.42. The number of carboxylic acids is 1. The molecule has 2 rings (SSSR count). The third-order valence-electron chi connectivity index (χ3n) is 3.17. The topological polar surface area (TPSA) is 54.4 Å². The maximum atomic E-state index is 13.8. The zero-order valence-electron chi connectivity index (χ0n) is 11.7. The molecule has 0 saturated carbocycles. The van der Waals surface area contributed by atoms with Crippen LogP contribution in [0.15, 0.2) is 41.3 Å². The minimum absolute atomic E-state index is 0.00985. The zero-order chi connectivity index (χ0) is 15.6. The van der Waals surface area contributed by atoms with Gasteiger partial charge in [-0.1, -0.05) is 12.1 Å². The molecule has 21 heavy (non-hydrogen) atoms. The lowest BCUT2D eigenvalue weighted by atomic mass is 10.1. The van der Waals surface area contributed by atoms with Gasteiger partial charge in [-0.05, 0) is 49.2 Å². The minimum Gasteiger partial charge on any atom is -0.478 e. The summed E-state index contributed by atoms with van der Waals surface area (Å²) in [5.41, 5.74) is 1.98. The molecule has 0 aliphatic rings. The van der Waals surface area contributed by atoms with Gasteiger partial charge in [-0.2, -0.15) is 0 Å². The van der Waals surface area contributed by atoms with E-state index in [0.29, 0.717) is 4.90 Å². The molecule has 0 radical (unpaired) electrons. The van der Waals surface area contributed by atoms with Crippen molar-refractivity contribution in [2.45, 2.75) is 24.5 Å². The number of aromatic carboxylic acids is 1. The van der Waals surface area contributed by atoms with Crippen molar-refractivity contribution in [3.8, 4) is 0 Å². The fourth-order valence-electron chi connectivity index (χ4n) is 1.99. The van der Waals surface area contributed by atoms with Crippen molar-refractivity contribution in [2.75, 3.05) is 0 Å². The van der Waals surface area contributed by atoms with Crippen molar-refractivity contribution in [1.82, 2.24) is 0 Å². The Morgan fingerprint density at radius 3 is 2.57 bits per heavy atom. The van der Waals surface area contributed by atoms with Gasteiger partial charge >= 0.3 is 5.97 Å². The monoisotopic (exact) mass is 306 g/mol. The molecule has 5 heteroatoms. The molecule has 0 aliphatic carbocycles. The number of carbonyl (C=O) groups is 1. The van der Waals surface area contributed by atoms with Crippen molar-refractivity contribution >= 4 is 16.8 Å². The van der Waals surface area contributed by atoms with Crippen LogP contribution in [0.4, 0.5) is 4.39 Å². The summed E-state index contributed by atoms with van der Waals surface area (Å²) in [4.78, 5) is 11.6. The van der Waals surface area contributed by atoms with E-state index in [4.69, 9.17) is 5.11 Å². The Kier molecular flexibility index (Phi) is 4.53. The molecule has 0 bridgehead atoms. The number of aryl methyl sites for hydroxylation is 2. The Labute approximate surface area is 124 Å². The summed E-state index contributed by atoms with van der Waals surface area (Å²) in [5.74, 6) is -1.72. The Morgan fingerprint density at radius 1 is 1.19 bits per heavy atom. The molecule has 3 nitrogen and oxygen atoms in total. The molecular weight excluding hydrogens is 291 g/mol. The maximum absolute atomic E-state index is 13.8. The van der Waals surface area contributed by atoms with Gasteiger partial charge in [0.1, 0.15) is 5.82 Å². The Balaban J connectivity index is 2.33. The van der Waals surface area contributed by atoms with E-state index < -0.39 is 22.6 Å². The van der Waals surface area contributed by atoms with Crippen LogP contribution in [0, 0.1) is 19.7 Å². The largest absolute Gasteiger partial charge is 0.478 e. The first-order chi connectivity index (χ1) is 9.88. The summed E-state index contributed by atoms with van der Waals surface area (Å²) in [5, 5.41) is 8.93. The Bertz CT molecular complexity index is 725. The van der Waals surface area contributed by atoms with Crippen molar-refractivity contribution < 1.29 is 18.5 Å². The Morgan fingerprint density at radius 2 is 1.90 bits per heavy atom. The predicted octanol–water partition coefficient (Wildman–Crippen LogP) is 3.45. The van der Waals surface area contributed by atoms with Crippen LogP contribution in [0.3, 0.4) is 0 Å². The van der Waals surface area contributed by atoms with Gasteiger partial charge in [0.15, 0.2) is 0 Å². The second kappa shape index (κ2) is 6.18.